The van der Waals surface area contributed by atoms with Gasteiger partial charge in [-0.3, -0.25) is 4.79 Å². The molecule has 0 unspecified atom stereocenters. The predicted molar refractivity (Wildman–Crippen MR) is 111 cm³/mol. The first kappa shape index (κ1) is 17.7. The lowest BCUT2D eigenvalue weighted by atomic mass is 10.0. The predicted octanol–water partition coefficient (Wildman–Crippen LogP) is 4.47. The molecule has 0 aliphatic carbocycles. The van der Waals surface area contributed by atoms with Crippen molar-refractivity contribution in [3.63, 3.8) is 0 Å². The molecule has 0 bridgehead atoms. The number of amides is 1. The molecular formula is C24H20N2O2. The molecule has 0 saturated heterocycles. The average Bonchev–Trinajstić information content (AvgIpc) is 2.73. The maximum absolute atomic E-state index is 12.6. The van der Waals surface area contributed by atoms with Gasteiger partial charge in [-0.15, -0.1) is 0 Å². The van der Waals surface area contributed by atoms with Gasteiger partial charge in [0, 0.05) is 23.6 Å². The van der Waals surface area contributed by atoms with Crippen LogP contribution in [0.1, 0.15) is 11.1 Å². The fraction of sp³-hybridized carbons (Fsp3) is 0.0833. The van der Waals surface area contributed by atoms with E-state index in [4.69, 9.17) is 0 Å². The van der Waals surface area contributed by atoms with Crippen LogP contribution in [-0.4, -0.2) is 16.0 Å². The van der Waals surface area contributed by atoms with Crippen molar-refractivity contribution in [2.75, 3.05) is 0 Å². The van der Waals surface area contributed by atoms with Crippen LogP contribution in [0.4, 0.5) is 0 Å². The molecule has 4 nitrogen and oxygen atoms in total. The molecular weight excluding hydrogens is 348 g/mol. The number of aromatic nitrogens is 1. The number of hydrogen-bond donors (Lipinski definition) is 2. The molecule has 2 N–H and O–H groups in total. The molecule has 0 aliphatic rings. The van der Waals surface area contributed by atoms with E-state index in [0.717, 1.165) is 27.8 Å². The number of carbonyl (C=O) groups excluding carboxylic acids is 1. The molecule has 0 fully saturated rings. The largest absolute Gasteiger partial charge is 0.508 e. The van der Waals surface area contributed by atoms with E-state index in [9.17, 15) is 9.90 Å². The number of nitrogens with zero attached hydrogens (tertiary/aromatic N) is 1. The first-order valence-corrected chi connectivity index (χ1v) is 9.18. The van der Waals surface area contributed by atoms with Gasteiger partial charge in [-0.1, -0.05) is 60.7 Å². The minimum Gasteiger partial charge on any atom is -0.508 e. The molecule has 0 aliphatic heterocycles. The van der Waals surface area contributed by atoms with Gasteiger partial charge in [0.05, 0.1) is 17.6 Å². The van der Waals surface area contributed by atoms with E-state index < -0.39 is 0 Å². The summed E-state index contributed by atoms with van der Waals surface area (Å²) in [5.41, 5.74) is 4.37. The highest BCUT2D eigenvalue weighted by Crippen LogP contribution is 2.27. The Kier molecular flexibility index (Phi) is 5.02. The number of fused-ring (bicyclic) bond motifs is 1. The van der Waals surface area contributed by atoms with Gasteiger partial charge in [0.1, 0.15) is 5.75 Å². The highest BCUT2D eigenvalue weighted by molar-refractivity contribution is 5.90. The first-order valence-electron chi connectivity index (χ1n) is 9.18. The van der Waals surface area contributed by atoms with Gasteiger partial charge in [0.2, 0.25) is 5.91 Å². The summed E-state index contributed by atoms with van der Waals surface area (Å²) < 4.78 is 0. The van der Waals surface area contributed by atoms with Crippen molar-refractivity contribution in [2.24, 2.45) is 0 Å². The maximum Gasteiger partial charge on any atom is 0.224 e. The molecule has 4 rings (SSSR count). The molecule has 1 aromatic heterocycles. The van der Waals surface area contributed by atoms with Gasteiger partial charge < -0.3 is 10.4 Å². The highest BCUT2D eigenvalue weighted by Gasteiger charge is 2.12. The summed E-state index contributed by atoms with van der Waals surface area (Å²) in [4.78, 5) is 17.2. The zero-order chi connectivity index (χ0) is 19.3. The number of rotatable bonds is 5. The number of aromatic hydroxyl groups is 1. The second-order valence-corrected chi connectivity index (χ2v) is 6.67. The van der Waals surface area contributed by atoms with Crippen LogP contribution >= 0.6 is 0 Å². The summed E-state index contributed by atoms with van der Waals surface area (Å²) >= 11 is 0. The SMILES string of the molecule is O=C(Cc1cc(-c2ccccc2)nc2cc(O)ccc12)NCc1ccccc1. The van der Waals surface area contributed by atoms with Gasteiger partial charge in [-0.25, -0.2) is 4.98 Å². The molecule has 0 spiro atoms. The van der Waals surface area contributed by atoms with Gasteiger partial charge in [0.25, 0.3) is 0 Å². The number of phenolic OH excluding ortho intramolecular Hbond substituents is 1. The van der Waals surface area contributed by atoms with E-state index in [1.54, 1.807) is 12.1 Å². The Morgan fingerprint density at radius 2 is 1.61 bits per heavy atom. The quantitative estimate of drug-likeness (QED) is 0.546. The lowest BCUT2D eigenvalue weighted by Gasteiger charge is -2.11. The van der Waals surface area contributed by atoms with Gasteiger partial charge in [-0.2, -0.15) is 0 Å². The summed E-state index contributed by atoms with van der Waals surface area (Å²) in [6.07, 6.45) is 0.246. The van der Waals surface area contributed by atoms with Gasteiger partial charge >= 0.3 is 0 Å². The third kappa shape index (κ3) is 4.01. The van der Waals surface area contributed by atoms with E-state index in [2.05, 4.69) is 10.3 Å². The first-order chi connectivity index (χ1) is 13.7. The normalized spacial score (nSPS) is 10.7. The number of pyridine rings is 1. The molecule has 28 heavy (non-hydrogen) atoms. The molecule has 0 atom stereocenters. The van der Waals surface area contributed by atoms with Crippen molar-refractivity contribution in [1.29, 1.82) is 0 Å². The van der Waals surface area contributed by atoms with Gasteiger partial charge in [-0.05, 0) is 29.3 Å². The van der Waals surface area contributed by atoms with Crippen LogP contribution in [0.2, 0.25) is 0 Å². The van der Waals surface area contributed by atoms with Crippen LogP contribution in [0.25, 0.3) is 22.2 Å². The van der Waals surface area contributed by atoms with Gasteiger partial charge in [0.15, 0.2) is 0 Å². The zero-order valence-corrected chi connectivity index (χ0v) is 15.3. The molecule has 4 aromatic rings. The average molecular weight is 368 g/mol. The maximum atomic E-state index is 12.6. The van der Waals surface area contributed by atoms with Crippen molar-refractivity contribution in [2.45, 2.75) is 13.0 Å². The number of hydrogen-bond acceptors (Lipinski definition) is 3. The fourth-order valence-corrected chi connectivity index (χ4v) is 3.22. The van der Waals surface area contributed by atoms with Crippen molar-refractivity contribution in [3.05, 3.63) is 96.1 Å². The van der Waals surface area contributed by atoms with Crippen LogP contribution in [0, 0.1) is 0 Å². The minimum absolute atomic E-state index is 0.0524. The molecule has 0 radical (unpaired) electrons. The van der Waals surface area contributed by atoms with E-state index in [1.807, 2.05) is 72.8 Å². The summed E-state index contributed by atoms with van der Waals surface area (Å²) in [6.45, 7) is 0.495. The Labute approximate surface area is 163 Å². The van der Waals surface area contributed by atoms with Crippen LogP contribution in [-0.2, 0) is 17.8 Å². The molecule has 0 saturated carbocycles. The number of carbonyl (C=O) groups is 1. The van der Waals surface area contributed by atoms with Crippen molar-refractivity contribution >= 4 is 16.8 Å². The Morgan fingerprint density at radius 1 is 0.893 bits per heavy atom. The Balaban J connectivity index is 1.64. The van der Waals surface area contributed by atoms with Crippen molar-refractivity contribution < 1.29 is 9.90 Å². The van der Waals surface area contributed by atoms with Crippen LogP contribution in [0.5, 0.6) is 5.75 Å². The Morgan fingerprint density at radius 3 is 2.36 bits per heavy atom. The summed E-state index contributed by atoms with van der Waals surface area (Å²) in [7, 11) is 0. The van der Waals surface area contributed by atoms with Crippen LogP contribution in [0.15, 0.2) is 84.9 Å². The minimum atomic E-state index is -0.0524. The monoisotopic (exact) mass is 368 g/mol. The lowest BCUT2D eigenvalue weighted by Crippen LogP contribution is -2.24. The number of phenols is 1. The van der Waals surface area contributed by atoms with E-state index in [0.29, 0.717) is 12.1 Å². The Bertz CT molecular complexity index is 1110. The van der Waals surface area contributed by atoms with E-state index in [-0.39, 0.29) is 18.1 Å². The van der Waals surface area contributed by atoms with E-state index >= 15 is 0 Å². The highest BCUT2D eigenvalue weighted by atomic mass is 16.3. The molecule has 4 heteroatoms. The molecule has 1 heterocycles. The second-order valence-electron chi connectivity index (χ2n) is 6.67. The summed E-state index contributed by atoms with van der Waals surface area (Å²) in [5, 5.41) is 13.7. The summed E-state index contributed by atoms with van der Waals surface area (Å²) in [5.74, 6) is 0.105. The third-order valence-corrected chi connectivity index (χ3v) is 4.63. The third-order valence-electron chi connectivity index (χ3n) is 4.63. The smallest absolute Gasteiger partial charge is 0.224 e. The van der Waals surface area contributed by atoms with E-state index in [1.165, 1.54) is 0 Å². The number of nitrogens with one attached hydrogen (secondary N) is 1. The summed E-state index contributed by atoms with van der Waals surface area (Å²) in [6, 6.07) is 26.7. The standard InChI is InChI=1S/C24H20N2O2/c27-20-11-12-21-19(14-24(28)25-16-17-7-3-1-4-8-17)13-22(26-23(21)15-20)18-9-5-2-6-10-18/h1-13,15,27H,14,16H2,(H,25,28). The molecule has 3 aromatic carbocycles. The number of benzene rings is 3. The zero-order valence-electron chi connectivity index (χ0n) is 15.3. The molecule has 138 valence electrons. The fourth-order valence-electron chi connectivity index (χ4n) is 3.22. The van der Waals surface area contributed by atoms with Crippen LogP contribution < -0.4 is 5.32 Å². The van der Waals surface area contributed by atoms with Crippen LogP contribution in [0.3, 0.4) is 0 Å². The lowest BCUT2D eigenvalue weighted by molar-refractivity contribution is -0.120. The van der Waals surface area contributed by atoms with Crippen molar-refractivity contribution in [1.82, 2.24) is 10.3 Å². The molecule has 1 amide bonds. The topological polar surface area (TPSA) is 62.2 Å². The second kappa shape index (κ2) is 7.92. The Hall–Kier alpha value is -3.66. The van der Waals surface area contributed by atoms with Crippen molar-refractivity contribution in [3.8, 4) is 17.0 Å².